The number of carbonyl (C=O) groups excluding carboxylic acids is 1. The van der Waals surface area contributed by atoms with Gasteiger partial charge in [-0.3, -0.25) is 14.8 Å². The average Bonchev–Trinajstić information content (AvgIpc) is 3.68. The van der Waals surface area contributed by atoms with E-state index in [0.717, 1.165) is 54.0 Å². The van der Waals surface area contributed by atoms with Crippen LogP contribution in [0.2, 0.25) is 0 Å². The Kier molecular flexibility index (Phi) is 6.27. The molecule has 0 aromatic carbocycles. The Morgan fingerprint density at radius 2 is 1.90 bits per heavy atom. The van der Waals surface area contributed by atoms with Crippen molar-refractivity contribution in [2.24, 2.45) is 0 Å². The van der Waals surface area contributed by atoms with Crippen molar-refractivity contribution in [1.29, 1.82) is 0 Å². The van der Waals surface area contributed by atoms with E-state index < -0.39 is 15.7 Å². The van der Waals surface area contributed by atoms with Gasteiger partial charge in [-0.25, -0.2) is 18.4 Å². The van der Waals surface area contributed by atoms with E-state index in [0.29, 0.717) is 11.4 Å². The number of rotatable bonds is 6. The van der Waals surface area contributed by atoms with Crippen LogP contribution in [0, 0.1) is 6.92 Å². The molecule has 2 N–H and O–H groups in total. The van der Waals surface area contributed by atoms with Gasteiger partial charge in [0.2, 0.25) is 0 Å². The van der Waals surface area contributed by atoms with Crippen LogP contribution in [0.25, 0.3) is 22.3 Å². The highest BCUT2D eigenvalue weighted by molar-refractivity contribution is 7.90. The summed E-state index contributed by atoms with van der Waals surface area (Å²) in [4.78, 5) is 33.4. The molecule has 5 heterocycles. The summed E-state index contributed by atoms with van der Waals surface area (Å²) in [6, 6.07) is 13.1. The van der Waals surface area contributed by atoms with E-state index in [9.17, 15) is 13.2 Å². The normalized spacial score (nSPS) is 16.4. The SMILES string of the molecule is Cc1ncc(C(=O)NCc2cc3nc(-c4cccc(N5CCNC6(CC6)C5)n4)ccc3cn2)cc1S(C)(=O)=O. The number of pyridine rings is 4. The number of aryl methyl sites for hydroxylation is 1. The van der Waals surface area contributed by atoms with Gasteiger partial charge in [0, 0.05) is 49.2 Å². The van der Waals surface area contributed by atoms with Crippen LogP contribution in [0.4, 0.5) is 5.82 Å². The molecule has 1 saturated heterocycles. The van der Waals surface area contributed by atoms with Crippen LogP contribution in [0.15, 0.2) is 59.8 Å². The van der Waals surface area contributed by atoms with Gasteiger partial charge in [-0.1, -0.05) is 6.07 Å². The topological polar surface area (TPSA) is 130 Å². The molecule has 1 aliphatic heterocycles. The smallest absolute Gasteiger partial charge is 0.253 e. The number of fused-ring (bicyclic) bond motifs is 1. The zero-order valence-corrected chi connectivity index (χ0v) is 22.6. The molecule has 10 nitrogen and oxygen atoms in total. The molecule has 0 unspecified atom stereocenters. The van der Waals surface area contributed by atoms with Gasteiger partial charge in [0.15, 0.2) is 9.84 Å². The first kappa shape index (κ1) is 25.3. The fourth-order valence-corrected chi connectivity index (χ4v) is 5.89. The lowest BCUT2D eigenvalue weighted by Gasteiger charge is -2.35. The standard InChI is InChI=1S/C28H29N7O3S/c1-18-25(39(2,37)38)12-20(15-29-18)27(36)31-16-21-13-24-19(14-30-21)6-7-23(33-24)22-4-3-5-26(34-22)35-11-10-32-28(17-35)8-9-28/h3-7,12-15,32H,8-11,16-17H2,1-2H3,(H,31,36). The Balaban J connectivity index is 1.20. The maximum absolute atomic E-state index is 12.7. The minimum atomic E-state index is -3.49. The van der Waals surface area contributed by atoms with Gasteiger partial charge in [-0.15, -0.1) is 0 Å². The minimum Gasteiger partial charge on any atom is -0.353 e. The molecule has 200 valence electrons. The van der Waals surface area contributed by atoms with Crippen LogP contribution in [0.1, 0.15) is 34.6 Å². The summed E-state index contributed by atoms with van der Waals surface area (Å²) in [6.07, 6.45) is 6.63. The predicted octanol–water partition coefficient (Wildman–Crippen LogP) is 2.67. The highest BCUT2D eigenvalue weighted by atomic mass is 32.2. The Morgan fingerprint density at radius 3 is 2.69 bits per heavy atom. The molecule has 1 saturated carbocycles. The number of anilines is 1. The van der Waals surface area contributed by atoms with Gasteiger partial charge in [0.1, 0.15) is 5.82 Å². The van der Waals surface area contributed by atoms with Crippen LogP contribution in [0.3, 0.4) is 0 Å². The number of piperazine rings is 1. The van der Waals surface area contributed by atoms with E-state index >= 15 is 0 Å². The minimum absolute atomic E-state index is 0.0392. The molecule has 2 aliphatic rings. The molecular formula is C28H29N7O3S. The quantitative estimate of drug-likeness (QED) is 0.377. The van der Waals surface area contributed by atoms with Crippen molar-refractivity contribution in [2.75, 3.05) is 30.8 Å². The molecule has 4 aromatic heterocycles. The average molecular weight is 544 g/mol. The summed E-state index contributed by atoms with van der Waals surface area (Å²) in [7, 11) is -3.49. The van der Waals surface area contributed by atoms with Gasteiger partial charge in [0.05, 0.1) is 45.3 Å². The van der Waals surface area contributed by atoms with Crippen molar-refractivity contribution >= 4 is 32.5 Å². The van der Waals surface area contributed by atoms with Crippen molar-refractivity contribution in [3.05, 3.63) is 71.8 Å². The van der Waals surface area contributed by atoms with Crippen LogP contribution in [-0.2, 0) is 16.4 Å². The monoisotopic (exact) mass is 543 g/mol. The molecule has 0 atom stereocenters. The van der Waals surface area contributed by atoms with Gasteiger partial charge in [-0.05, 0) is 56.2 Å². The van der Waals surface area contributed by atoms with Gasteiger partial charge in [-0.2, -0.15) is 0 Å². The molecule has 4 aromatic rings. The second kappa shape index (κ2) is 9.65. The van der Waals surface area contributed by atoms with Gasteiger partial charge in [0.25, 0.3) is 5.91 Å². The van der Waals surface area contributed by atoms with Crippen molar-refractivity contribution < 1.29 is 13.2 Å². The molecule has 39 heavy (non-hydrogen) atoms. The predicted molar refractivity (Wildman–Crippen MR) is 148 cm³/mol. The number of nitrogens with one attached hydrogen (secondary N) is 2. The lowest BCUT2D eigenvalue weighted by atomic mass is 10.1. The largest absolute Gasteiger partial charge is 0.353 e. The van der Waals surface area contributed by atoms with Crippen LogP contribution in [0.5, 0.6) is 0 Å². The second-order valence-corrected chi connectivity index (χ2v) is 12.3. The third-order valence-electron chi connectivity index (χ3n) is 7.31. The van der Waals surface area contributed by atoms with E-state index in [1.165, 1.54) is 25.1 Å². The Bertz CT molecular complexity index is 1700. The highest BCUT2D eigenvalue weighted by Gasteiger charge is 2.45. The number of amides is 1. The van der Waals surface area contributed by atoms with Crippen LogP contribution >= 0.6 is 0 Å². The molecule has 11 heteroatoms. The number of nitrogens with zero attached hydrogens (tertiary/aromatic N) is 5. The van der Waals surface area contributed by atoms with E-state index in [4.69, 9.17) is 9.97 Å². The first-order valence-electron chi connectivity index (χ1n) is 12.9. The summed E-state index contributed by atoms with van der Waals surface area (Å²) in [5.74, 6) is 0.530. The van der Waals surface area contributed by atoms with Gasteiger partial charge >= 0.3 is 0 Å². The first-order chi connectivity index (χ1) is 18.7. The summed E-state index contributed by atoms with van der Waals surface area (Å²) < 4.78 is 24.0. The van der Waals surface area contributed by atoms with Crippen molar-refractivity contribution in [3.8, 4) is 11.4 Å². The Hall–Kier alpha value is -3.96. The highest BCUT2D eigenvalue weighted by Crippen LogP contribution is 2.38. The number of hydrogen-bond acceptors (Lipinski definition) is 9. The van der Waals surface area contributed by atoms with E-state index in [2.05, 4.69) is 31.6 Å². The third-order valence-corrected chi connectivity index (χ3v) is 8.52. The lowest BCUT2D eigenvalue weighted by molar-refractivity contribution is 0.0950. The molecule has 1 aliphatic carbocycles. The molecule has 0 radical (unpaired) electrons. The Morgan fingerprint density at radius 1 is 1.08 bits per heavy atom. The number of sulfone groups is 1. The van der Waals surface area contributed by atoms with E-state index in [1.54, 1.807) is 13.1 Å². The molecule has 1 spiro atoms. The van der Waals surface area contributed by atoms with Crippen molar-refractivity contribution in [3.63, 3.8) is 0 Å². The third kappa shape index (κ3) is 5.32. The zero-order chi connectivity index (χ0) is 27.2. The van der Waals surface area contributed by atoms with Crippen LogP contribution < -0.4 is 15.5 Å². The first-order valence-corrected chi connectivity index (χ1v) is 14.8. The molecule has 0 bridgehead atoms. The maximum Gasteiger partial charge on any atom is 0.253 e. The number of carbonyl (C=O) groups is 1. The Labute approximate surface area is 226 Å². The van der Waals surface area contributed by atoms with Gasteiger partial charge < -0.3 is 15.5 Å². The van der Waals surface area contributed by atoms with E-state index in [-0.39, 0.29) is 22.5 Å². The zero-order valence-electron chi connectivity index (χ0n) is 21.8. The summed E-state index contributed by atoms with van der Waals surface area (Å²) in [6.45, 7) is 4.62. The fraction of sp³-hybridized carbons (Fsp3) is 0.321. The van der Waals surface area contributed by atoms with Crippen LogP contribution in [-0.4, -0.2) is 65.7 Å². The summed E-state index contributed by atoms with van der Waals surface area (Å²) >= 11 is 0. The second-order valence-electron chi connectivity index (χ2n) is 10.3. The van der Waals surface area contributed by atoms with Crippen molar-refractivity contribution in [1.82, 2.24) is 30.6 Å². The van der Waals surface area contributed by atoms with E-state index in [1.807, 2.05) is 30.3 Å². The molecular weight excluding hydrogens is 514 g/mol. The molecule has 6 rings (SSSR count). The summed E-state index contributed by atoms with van der Waals surface area (Å²) in [5, 5.41) is 7.31. The fourth-order valence-electron chi connectivity index (χ4n) is 4.96. The van der Waals surface area contributed by atoms with Crippen molar-refractivity contribution in [2.45, 2.75) is 36.7 Å². The maximum atomic E-state index is 12.7. The number of hydrogen-bond donors (Lipinski definition) is 2. The summed E-state index contributed by atoms with van der Waals surface area (Å²) in [5.41, 5.74) is 3.73. The lowest BCUT2D eigenvalue weighted by Crippen LogP contribution is -2.52. The molecule has 1 amide bonds. The molecule has 2 fully saturated rings. The number of aromatic nitrogens is 4.